The molecule has 0 saturated carbocycles. The van der Waals surface area contributed by atoms with Crippen molar-refractivity contribution in [2.45, 2.75) is 32.9 Å². The van der Waals surface area contributed by atoms with E-state index in [4.69, 9.17) is 14.2 Å². The van der Waals surface area contributed by atoms with Crippen LogP contribution in [0.2, 0.25) is 0 Å². The Hall–Kier alpha value is -4.47. The van der Waals surface area contributed by atoms with Crippen molar-refractivity contribution in [2.75, 3.05) is 18.6 Å². The summed E-state index contributed by atoms with van der Waals surface area (Å²) in [5.74, 6) is 0.00747. The Labute approximate surface area is 208 Å². The van der Waals surface area contributed by atoms with E-state index in [0.717, 1.165) is 12.0 Å². The molecule has 0 aliphatic rings. The Bertz CT molecular complexity index is 1180. The number of methoxy groups -OCH3 is 1. The lowest BCUT2D eigenvalue weighted by atomic mass is 10.1. The summed E-state index contributed by atoms with van der Waals surface area (Å²) in [6.45, 7) is 2.30. The molecule has 0 aliphatic carbocycles. The van der Waals surface area contributed by atoms with E-state index in [1.54, 1.807) is 0 Å². The van der Waals surface area contributed by atoms with Gasteiger partial charge in [0, 0.05) is 23.9 Å². The Kier molecular flexibility index (Phi) is 9.33. The number of amides is 1. The summed E-state index contributed by atoms with van der Waals surface area (Å²) in [5.41, 5.74) is 1.37. The van der Waals surface area contributed by atoms with Crippen molar-refractivity contribution >= 4 is 23.6 Å². The number of anilines is 1. The van der Waals surface area contributed by atoms with E-state index in [0.29, 0.717) is 17.7 Å². The molecule has 10 heteroatoms. The van der Waals surface area contributed by atoms with Gasteiger partial charge in [0.1, 0.15) is 18.2 Å². The summed E-state index contributed by atoms with van der Waals surface area (Å²) >= 11 is 0. The zero-order chi connectivity index (χ0) is 25.9. The zero-order valence-electron chi connectivity index (χ0n) is 20.1. The van der Waals surface area contributed by atoms with Gasteiger partial charge in [0.25, 0.3) is 5.69 Å². The number of nitro benzene ring substituents is 1. The van der Waals surface area contributed by atoms with E-state index in [1.165, 1.54) is 48.5 Å². The number of nitro groups is 1. The fourth-order valence-electron chi connectivity index (χ4n) is 3.25. The topological polar surface area (TPSA) is 121 Å². The molecule has 0 atom stereocenters. The van der Waals surface area contributed by atoms with Crippen molar-refractivity contribution in [1.29, 1.82) is 0 Å². The van der Waals surface area contributed by atoms with Gasteiger partial charge in [-0.05, 0) is 30.2 Å². The second kappa shape index (κ2) is 12.8. The minimum atomic E-state index is -0.678. The molecule has 0 fully saturated rings. The van der Waals surface area contributed by atoms with E-state index in [9.17, 15) is 19.7 Å². The van der Waals surface area contributed by atoms with Gasteiger partial charge >= 0.3 is 12.1 Å². The smallest absolute Gasteiger partial charge is 0.415 e. The number of nitrogens with zero attached hydrogens (tertiary/aromatic N) is 3. The Morgan fingerprint density at radius 3 is 2.50 bits per heavy atom. The molecule has 3 rings (SSSR count). The normalized spacial score (nSPS) is 10.4. The van der Waals surface area contributed by atoms with Crippen molar-refractivity contribution < 1.29 is 28.7 Å². The van der Waals surface area contributed by atoms with E-state index in [2.05, 4.69) is 4.98 Å². The fourth-order valence-corrected chi connectivity index (χ4v) is 3.25. The number of esters is 1. The highest BCUT2D eigenvalue weighted by molar-refractivity contribution is 5.90. The summed E-state index contributed by atoms with van der Waals surface area (Å²) in [6.07, 6.45) is 2.12. The molecule has 0 bridgehead atoms. The number of carbonyl (C=O) groups is 2. The molecule has 1 amide bonds. The van der Waals surface area contributed by atoms with Crippen molar-refractivity contribution in [3.05, 3.63) is 93.7 Å². The van der Waals surface area contributed by atoms with Gasteiger partial charge in [-0.1, -0.05) is 43.7 Å². The average Bonchev–Trinajstić information content (AvgIpc) is 2.91. The number of rotatable bonds is 11. The first kappa shape index (κ1) is 26.1. The second-order valence-electron chi connectivity index (χ2n) is 7.77. The average molecular weight is 494 g/mol. The molecule has 0 saturated heterocycles. The third-order valence-electron chi connectivity index (χ3n) is 5.21. The maximum Gasteiger partial charge on any atom is 0.415 e. The van der Waals surface area contributed by atoms with Gasteiger partial charge < -0.3 is 14.2 Å². The maximum atomic E-state index is 13.0. The fraction of sp³-hybridized carbons (Fsp3) is 0.269. The van der Waals surface area contributed by atoms with Gasteiger partial charge in [-0.2, -0.15) is 0 Å². The molecule has 0 unspecified atom stereocenters. The molecule has 36 heavy (non-hydrogen) atoms. The van der Waals surface area contributed by atoms with Crippen LogP contribution in [0.25, 0.3) is 0 Å². The summed E-state index contributed by atoms with van der Waals surface area (Å²) in [6, 6.07) is 16.6. The summed E-state index contributed by atoms with van der Waals surface area (Å²) < 4.78 is 16.0. The lowest BCUT2D eigenvalue weighted by molar-refractivity contribution is -0.384. The molecule has 0 spiro atoms. The molecule has 10 nitrogen and oxygen atoms in total. The van der Waals surface area contributed by atoms with Crippen LogP contribution >= 0.6 is 0 Å². The molecular formula is C26H27N3O7. The van der Waals surface area contributed by atoms with Crippen LogP contribution in [0, 0.1) is 10.1 Å². The Morgan fingerprint density at radius 1 is 1.08 bits per heavy atom. The molecule has 1 aromatic heterocycles. The van der Waals surface area contributed by atoms with Crippen LogP contribution in [0.4, 0.5) is 16.3 Å². The third kappa shape index (κ3) is 7.02. The first-order valence-electron chi connectivity index (χ1n) is 11.4. The van der Waals surface area contributed by atoms with E-state index < -0.39 is 17.0 Å². The van der Waals surface area contributed by atoms with Crippen LogP contribution in [0.15, 0.2) is 66.9 Å². The van der Waals surface area contributed by atoms with E-state index >= 15 is 0 Å². The van der Waals surface area contributed by atoms with Crippen LogP contribution in [-0.2, 0) is 22.6 Å². The quantitative estimate of drug-likeness (QED) is 0.153. The Balaban J connectivity index is 1.93. The number of hydrogen-bond acceptors (Lipinski definition) is 8. The van der Waals surface area contributed by atoms with E-state index in [1.807, 2.05) is 37.3 Å². The molecule has 188 valence electrons. The molecule has 3 aromatic rings. The number of benzene rings is 2. The van der Waals surface area contributed by atoms with Crippen molar-refractivity contribution in [3.8, 4) is 5.75 Å². The number of hydrogen-bond donors (Lipinski definition) is 0. The van der Waals surface area contributed by atoms with Crippen LogP contribution in [0.3, 0.4) is 0 Å². The monoisotopic (exact) mass is 493 g/mol. The molecule has 2 aromatic carbocycles. The predicted octanol–water partition coefficient (Wildman–Crippen LogP) is 5.30. The number of pyridine rings is 1. The number of carbonyl (C=O) groups excluding carboxylic acids is 2. The minimum absolute atomic E-state index is 0.110. The van der Waals surface area contributed by atoms with Gasteiger partial charge in [0.05, 0.1) is 30.7 Å². The van der Waals surface area contributed by atoms with Gasteiger partial charge in [-0.15, -0.1) is 0 Å². The molecule has 0 aliphatic heterocycles. The van der Waals surface area contributed by atoms with Crippen LogP contribution in [0.1, 0.15) is 41.3 Å². The van der Waals surface area contributed by atoms with Crippen molar-refractivity contribution in [2.24, 2.45) is 0 Å². The van der Waals surface area contributed by atoms with Crippen LogP contribution in [-0.4, -0.2) is 35.7 Å². The standard InChI is InChI=1S/C26H27N3O7/c1-3-4-14-35-26(31)28(24-13-10-20(16-27-24)25(30)34-2)17-21-15-22(29(32)33)11-12-23(21)36-18-19-8-6-5-7-9-19/h5-13,15-16H,3-4,14,17-18H2,1-2H3. The predicted molar refractivity (Wildman–Crippen MR) is 132 cm³/mol. The highest BCUT2D eigenvalue weighted by Gasteiger charge is 2.23. The lowest BCUT2D eigenvalue weighted by Crippen LogP contribution is -2.32. The van der Waals surface area contributed by atoms with E-state index in [-0.39, 0.29) is 36.8 Å². The van der Waals surface area contributed by atoms with Crippen LogP contribution in [0.5, 0.6) is 5.75 Å². The number of unbranched alkanes of at least 4 members (excludes halogenated alkanes) is 1. The lowest BCUT2D eigenvalue weighted by Gasteiger charge is -2.23. The maximum absolute atomic E-state index is 13.0. The third-order valence-corrected chi connectivity index (χ3v) is 5.21. The molecule has 0 radical (unpaired) electrons. The highest BCUT2D eigenvalue weighted by Crippen LogP contribution is 2.28. The van der Waals surface area contributed by atoms with Crippen LogP contribution < -0.4 is 9.64 Å². The number of non-ortho nitro benzene ring substituents is 1. The summed E-state index contributed by atoms with van der Waals surface area (Å²) in [7, 11) is 1.26. The highest BCUT2D eigenvalue weighted by atomic mass is 16.6. The number of aromatic nitrogens is 1. The van der Waals surface area contributed by atoms with Gasteiger partial charge in [-0.25, -0.2) is 14.6 Å². The summed E-state index contributed by atoms with van der Waals surface area (Å²) in [5, 5.41) is 11.4. The summed E-state index contributed by atoms with van der Waals surface area (Å²) in [4.78, 5) is 41.2. The van der Waals surface area contributed by atoms with Gasteiger partial charge in [0.15, 0.2) is 0 Å². The second-order valence-corrected chi connectivity index (χ2v) is 7.77. The van der Waals surface area contributed by atoms with Gasteiger partial charge in [-0.3, -0.25) is 15.0 Å². The SMILES string of the molecule is CCCCOC(=O)N(Cc1cc([N+](=O)[O-])ccc1OCc1ccccc1)c1ccc(C(=O)OC)cn1. The minimum Gasteiger partial charge on any atom is -0.489 e. The zero-order valence-corrected chi connectivity index (χ0v) is 20.1. The van der Waals surface area contributed by atoms with Gasteiger partial charge in [0.2, 0.25) is 0 Å². The first-order chi connectivity index (χ1) is 17.4. The number of ether oxygens (including phenoxy) is 3. The molecule has 1 heterocycles. The first-order valence-corrected chi connectivity index (χ1v) is 11.4. The molecular weight excluding hydrogens is 466 g/mol. The largest absolute Gasteiger partial charge is 0.489 e. The van der Waals surface area contributed by atoms with Crippen molar-refractivity contribution in [1.82, 2.24) is 4.98 Å². The molecule has 0 N–H and O–H groups in total. The Morgan fingerprint density at radius 2 is 1.86 bits per heavy atom. The van der Waals surface area contributed by atoms with Crippen molar-refractivity contribution in [3.63, 3.8) is 0 Å².